The number of hydrogen-bond donors (Lipinski definition) is 0. The molecule has 2 heteroatoms. The van der Waals surface area contributed by atoms with E-state index in [1.165, 1.54) is 172 Å². The fraction of sp³-hybridized carbons (Fsp3) is 0.0796. The quantitative estimate of drug-likeness (QED) is 0.107. The lowest BCUT2D eigenvalue weighted by atomic mass is 9.80. The fourth-order valence-electron chi connectivity index (χ4n) is 19.4. The zero-order chi connectivity index (χ0) is 77.3. The largest absolute Gasteiger partial charge is 0.310 e. The predicted molar refractivity (Wildman–Crippen MR) is 487 cm³/mol. The second-order valence-electron chi connectivity index (χ2n) is 33.1. The Hall–Kier alpha value is -13.9. The van der Waals surface area contributed by atoms with E-state index in [1.54, 1.807) is 0 Å². The van der Waals surface area contributed by atoms with Crippen molar-refractivity contribution in [3.05, 3.63) is 434 Å². The molecule has 0 fully saturated rings. The van der Waals surface area contributed by atoms with Crippen LogP contribution in [0.2, 0.25) is 0 Å². The van der Waals surface area contributed by atoms with Gasteiger partial charge in [0.05, 0.1) is 0 Å². The lowest BCUT2D eigenvalue weighted by Gasteiger charge is -2.27. The minimum Gasteiger partial charge on any atom is -0.310 e. The normalized spacial score (nSPS) is 13.5. The fourth-order valence-corrected chi connectivity index (χ4v) is 19.4. The van der Waals surface area contributed by atoms with Crippen LogP contribution in [0.3, 0.4) is 0 Å². The summed E-state index contributed by atoms with van der Waals surface area (Å²) in [5.41, 5.74) is 41.4. The molecule has 2 nitrogen and oxygen atoms in total. The van der Waals surface area contributed by atoms with Gasteiger partial charge in [-0.1, -0.05) is 339 Å². The van der Waals surface area contributed by atoms with Gasteiger partial charge in [0.25, 0.3) is 0 Å². The number of benzene rings is 18. The van der Waals surface area contributed by atoms with Gasteiger partial charge < -0.3 is 9.80 Å². The Bertz CT molecular complexity index is 6890. The van der Waals surface area contributed by atoms with Crippen molar-refractivity contribution in [3.8, 4) is 122 Å². The minimum atomic E-state index is -0.266. The first-order valence-corrected chi connectivity index (χ1v) is 40.4. The molecule has 0 unspecified atom stereocenters. The molecule has 3 aliphatic carbocycles. The topological polar surface area (TPSA) is 6.48 Å². The SMILES string of the molecule is CC1(C)c2ccccc2-c2ccc(-c3ccc(N(c4ccc(-c5ccc6c(c5)C(C)(C)c5cc(-c7ccc(-c8cccc(N(c9ccc(-c%10cccc(-c%11ccccc%11)c%10)cc9)c9ccc(-c%10ccc%11c(c%10)C(C)(C)c%10ccccc%10-%11)cc9)c8)c8ccccc78)ccc5-6)cc4)c4cccc(-c5cccc6ccccc56)c4)cc3)cc21. The van der Waals surface area contributed by atoms with Crippen molar-refractivity contribution in [2.45, 2.75) is 57.8 Å². The van der Waals surface area contributed by atoms with E-state index in [-0.39, 0.29) is 16.2 Å². The van der Waals surface area contributed by atoms with Crippen molar-refractivity contribution in [2.75, 3.05) is 9.80 Å². The summed E-state index contributed by atoms with van der Waals surface area (Å²) in [6.45, 7) is 14.3. The van der Waals surface area contributed by atoms with E-state index in [2.05, 4.69) is 452 Å². The summed E-state index contributed by atoms with van der Waals surface area (Å²) in [5, 5.41) is 4.91. The van der Waals surface area contributed by atoms with Crippen molar-refractivity contribution in [1.29, 1.82) is 0 Å². The predicted octanol–water partition coefficient (Wildman–Crippen LogP) is 31.2. The molecular formula is C113H84N2. The van der Waals surface area contributed by atoms with Crippen molar-refractivity contribution in [2.24, 2.45) is 0 Å². The highest BCUT2D eigenvalue weighted by molar-refractivity contribution is 6.06. The van der Waals surface area contributed by atoms with Gasteiger partial charge in [-0.3, -0.25) is 0 Å². The van der Waals surface area contributed by atoms with Crippen molar-refractivity contribution in [1.82, 2.24) is 0 Å². The number of hydrogen-bond acceptors (Lipinski definition) is 2. The molecule has 546 valence electrons. The molecule has 0 atom stereocenters. The summed E-state index contributed by atoms with van der Waals surface area (Å²) in [5.74, 6) is 0. The van der Waals surface area contributed by atoms with Gasteiger partial charge in [-0.25, -0.2) is 0 Å². The number of rotatable bonds is 14. The minimum absolute atomic E-state index is 0.0789. The molecule has 21 rings (SSSR count). The van der Waals surface area contributed by atoms with Gasteiger partial charge in [-0.2, -0.15) is 0 Å². The third-order valence-corrected chi connectivity index (χ3v) is 25.5. The van der Waals surface area contributed by atoms with Crippen LogP contribution in [0.5, 0.6) is 0 Å². The molecular weight excluding hydrogens is 1390 g/mol. The number of fused-ring (bicyclic) bond motifs is 11. The first-order chi connectivity index (χ1) is 56.2. The lowest BCUT2D eigenvalue weighted by molar-refractivity contribution is 0.660. The molecule has 0 heterocycles. The van der Waals surface area contributed by atoms with E-state index >= 15 is 0 Å². The van der Waals surface area contributed by atoms with Crippen LogP contribution in [0, 0.1) is 0 Å². The summed E-state index contributed by atoms with van der Waals surface area (Å²) >= 11 is 0. The summed E-state index contributed by atoms with van der Waals surface area (Å²) in [6.07, 6.45) is 0. The van der Waals surface area contributed by atoms with E-state index in [4.69, 9.17) is 0 Å². The van der Waals surface area contributed by atoms with Crippen LogP contribution in [-0.4, -0.2) is 0 Å². The second kappa shape index (κ2) is 27.2. The van der Waals surface area contributed by atoms with Crippen molar-refractivity contribution < 1.29 is 0 Å². The monoisotopic (exact) mass is 1470 g/mol. The zero-order valence-corrected chi connectivity index (χ0v) is 65.5. The highest BCUT2D eigenvalue weighted by Gasteiger charge is 2.39. The Morgan fingerprint density at radius 2 is 0.400 bits per heavy atom. The van der Waals surface area contributed by atoms with Crippen LogP contribution in [0.4, 0.5) is 34.1 Å². The third-order valence-electron chi connectivity index (χ3n) is 25.5. The molecule has 0 N–H and O–H groups in total. The Morgan fingerprint density at radius 3 is 0.835 bits per heavy atom. The summed E-state index contributed by atoms with van der Waals surface area (Å²) in [4.78, 5) is 4.83. The molecule has 3 aliphatic rings. The van der Waals surface area contributed by atoms with Crippen LogP contribution in [-0.2, 0) is 16.2 Å². The van der Waals surface area contributed by atoms with Crippen LogP contribution < -0.4 is 9.80 Å². The maximum absolute atomic E-state index is 2.48. The zero-order valence-electron chi connectivity index (χ0n) is 65.5. The number of nitrogens with zero attached hydrogens (tertiary/aromatic N) is 2. The molecule has 18 aromatic carbocycles. The summed E-state index contributed by atoms with van der Waals surface area (Å²) in [6, 6.07) is 150. The van der Waals surface area contributed by atoms with Gasteiger partial charge in [0, 0.05) is 50.4 Å². The molecule has 0 amide bonds. The molecule has 0 saturated heterocycles. The van der Waals surface area contributed by atoms with Gasteiger partial charge in [-0.15, -0.1) is 0 Å². The van der Waals surface area contributed by atoms with Crippen molar-refractivity contribution >= 4 is 55.7 Å². The summed E-state index contributed by atoms with van der Waals surface area (Å²) < 4.78 is 0. The first kappa shape index (κ1) is 69.1. The first-order valence-electron chi connectivity index (χ1n) is 40.4. The van der Waals surface area contributed by atoms with Crippen LogP contribution in [0.25, 0.3) is 144 Å². The maximum atomic E-state index is 2.48. The average Bonchev–Trinajstić information content (AvgIpc) is 1.60. The molecule has 0 spiro atoms. The Morgan fingerprint density at radius 1 is 0.148 bits per heavy atom. The molecule has 0 aromatic heterocycles. The standard InChI is InChI=1S/C113H84N2/c1-111(2)105-38-16-14-35-99(105)101-60-48-81(69-107(101)111)75-42-54-88(55-43-75)114(91-30-19-28-84(67-91)94-37-21-25-78-24-10-11-32-93(78)94)89-58-46-77(47-59-89)83-50-62-103-104-63-51-86(72-110(104)113(5,6)109(103)71-83)96-65-64-95(97-33-12-13-34-98(96)97)85-29-20-31-92(68-85)115(87-52-40-74(41-53-87)80-27-18-26-79(66-80)73-22-8-7-9-23-73)90-56-44-76(45-57-90)82-49-61-102-100-36-15-17-39-106(100)112(3,4)108(102)70-82/h7-72H,1-6H3. The average molecular weight is 1470 g/mol. The molecule has 0 saturated carbocycles. The molecule has 0 radical (unpaired) electrons. The summed E-state index contributed by atoms with van der Waals surface area (Å²) in [7, 11) is 0. The van der Waals surface area contributed by atoms with E-state index in [0.717, 1.165) is 39.7 Å². The highest BCUT2D eigenvalue weighted by atomic mass is 15.1. The van der Waals surface area contributed by atoms with E-state index in [9.17, 15) is 0 Å². The third kappa shape index (κ3) is 11.7. The van der Waals surface area contributed by atoms with Gasteiger partial charge in [-0.05, 0) is 280 Å². The van der Waals surface area contributed by atoms with Crippen molar-refractivity contribution in [3.63, 3.8) is 0 Å². The van der Waals surface area contributed by atoms with Gasteiger partial charge in [0.1, 0.15) is 0 Å². The molecule has 18 aromatic rings. The van der Waals surface area contributed by atoms with E-state index in [1.807, 2.05) is 0 Å². The molecule has 0 aliphatic heterocycles. The van der Waals surface area contributed by atoms with Gasteiger partial charge in [0.15, 0.2) is 0 Å². The van der Waals surface area contributed by atoms with Gasteiger partial charge >= 0.3 is 0 Å². The lowest BCUT2D eigenvalue weighted by Crippen LogP contribution is -2.15. The van der Waals surface area contributed by atoms with Crippen LogP contribution in [0.1, 0.15) is 74.9 Å². The number of anilines is 6. The van der Waals surface area contributed by atoms with Gasteiger partial charge in [0.2, 0.25) is 0 Å². The Labute approximate surface area is 674 Å². The smallest absolute Gasteiger partial charge is 0.0467 e. The second-order valence-corrected chi connectivity index (χ2v) is 33.1. The highest BCUT2D eigenvalue weighted by Crippen LogP contribution is 2.55. The maximum Gasteiger partial charge on any atom is 0.0467 e. The molecule has 115 heavy (non-hydrogen) atoms. The van der Waals surface area contributed by atoms with Crippen LogP contribution >= 0.6 is 0 Å². The van der Waals surface area contributed by atoms with E-state index in [0.29, 0.717) is 0 Å². The molecule has 0 bridgehead atoms. The van der Waals surface area contributed by atoms with E-state index < -0.39 is 0 Å². The Balaban J connectivity index is 0.585. The van der Waals surface area contributed by atoms with Crippen LogP contribution in [0.15, 0.2) is 400 Å². The Kier molecular flexibility index (Phi) is 16.3.